The van der Waals surface area contributed by atoms with Gasteiger partial charge in [0.05, 0.1) is 31.9 Å². The average molecular weight is 340 g/mol. The normalized spacial score (nSPS) is 15.4. The van der Waals surface area contributed by atoms with E-state index in [0.29, 0.717) is 17.8 Å². The molecule has 0 radical (unpaired) electrons. The Kier molecular flexibility index (Phi) is 5.04. The minimum absolute atomic E-state index is 0.00845. The van der Waals surface area contributed by atoms with Crippen molar-refractivity contribution in [3.05, 3.63) is 52.8 Å². The number of para-hydroxylation sites is 1. The third kappa shape index (κ3) is 3.66. The highest BCUT2D eigenvalue weighted by Gasteiger charge is 2.26. The van der Waals surface area contributed by atoms with Gasteiger partial charge in [-0.15, -0.1) is 0 Å². The van der Waals surface area contributed by atoms with Crippen molar-refractivity contribution in [1.82, 2.24) is 4.98 Å². The van der Waals surface area contributed by atoms with Crippen LogP contribution in [0.2, 0.25) is 0 Å². The number of piperazine rings is 1. The molecule has 0 atom stereocenters. The predicted molar refractivity (Wildman–Crippen MR) is 98.8 cm³/mol. The van der Waals surface area contributed by atoms with Gasteiger partial charge in [-0.1, -0.05) is 18.2 Å². The molecule has 2 heterocycles. The standard InChI is InChI=1S/C20H25N3O2/c1-14-19(16(3)24)15(2)21-20(14)18(25)13-22-9-11-23(12-10-22)17-7-5-4-6-8-17/h4-8,21H,9-13H2,1-3H3/p+1. The Hall–Kier alpha value is -2.40. The van der Waals surface area contributed by atoms with Gasteiger partial charge in [-0.3, -0.25) is 9.59 Å². The fourth-order valence-corrected chi connectivity index (χ4v) is 3.77. The zero-order valence-electron chi connectivity index (χ0n) is 15.2. The van der Waals surface area contributed by atoms with Crippen molar-refractivity contribution >= 4 is 17.3 Å². The third-order valence-corrected chi connectivity index (χ3v) is 5.07. The number of nitrogens with zero attached hydrogens (tertiary/aromatic N) is 1. The second-order valence-corrected chi connectivity index (χ2v) is 6.85. The number of aromatic nitrogens is 1. The molecule has 1 aromatic carbocycles. The molecule has 2 aromatic rings. The predicted octanol–water partition coefficient (Wildman–Crippen LogP) is 1.42. The Balaban J connectivity index is 1.62. The molecule has 132 valence electrons. The molecule has 0 aliphatic carbocycles. The summed E-state index contributed by atoms with van der Waals surface area (Å²) >= 11 is 0. The first-order valence-electron chi connectivity index (χ1n) is 8.84. The fourth-order valence-electron chi connectivity index (χ4n) is 3.77. The second kappa shape index (κ2) is 7.23. The Morgan fingerprint density at radius 3 is 2.32 bits per heavy atom. The van der Waals surface area contributed by atoms with Crippen molar-refractivity contribution in [3.8, 4) is 0 Å². The van der Waals surface area contributed by atoms with Gasteiger partial charge in [-0.25, -0.2) is 0 Å². The van der Waals surface area contributed by atoms with Crippen molar-refractivity contribution in [2.75, 3.05) is 37.6 Å². The molecule has 25 heavy (non-hydrogen) atoms. The summed E-state index contributed by atoms with van der Waals surface area (Å²) in [6, 6.07) is 10.4. The van der Waals surface area contributed by atoms with Gasteiger partial charge < -0.3 is 14.8 Å². The third-order valence-electron chi connectivity index (χ3n) is 5.07. The van der Waals surface area contributed by atoms with E-state index in [1.54, 1.807) is 6.92 Å². The highest BCUT2D eigenvalue weighted by Crippen LogP contribution is 2.18. The van der Waals surface area contributed by atoms with Crippen molar-refractivity contribution < 1.29 is 14.5 Å². The number of carbonyl (C=O) groups excluding carboxylic acids is 2. The van der Waals surface area contributed by atoms with Gasteiger partial charge in [0, 0.05) is 16.9 Å². The number of carbonyl (C=O) groups is 2. The van der Waals surface area contributed by atoms with Gasteiger partial charge in [-0.2, -0.15) is 0 Å². The number of H-pyrrole nitrogens is 1. The molecule has 0 unspecified atom stereocenters. The number of hydrogen-bond acceptors (Lipinski definition) is 3. The van der Waals surface area contributed by atoms with E-state index in [4.69, 9.17) is 0 Å². The lowest BCUT2D eigenvalue weighted by molar-refractivity contribution is -0.892. The lowest BCUT2D eigenvalue weighted by Crippen LogP contribution is -3.15. The summed E-state index contributed by atoms with van der Waals surface area (Å²) in [5, 5.41) is 0. The second-order valence-electron chi connectivity index (χ2n) is 6.85. The average Bonchev–Trinajstić information content (AvgIpc) is 2.91. The van der Waals surface area contributed by atoms with Crippen LogP contribution >= 0.6 is 0 Å². The molecule has 0 bridgehead atoms. The quantitative estimate of drug-likeness (QED) is 0.810. The van der Waals surface area contributed by atoms with E-state index in [1.165, 1.54) is 10.6 Å². The molecule has 0 spiro atoms. The molecule has 0 saturated carbocycles. The Morgan fingerprint density at radius 1 is 1.12 bits per heavy atom. The van der Waals surface area contributed by atoms with Crippen molar-refractivity contribution in [3.63, 3.8) is 0 Å². The molecule has 1 fully saturated rings. The van der Waals surface area contributed by atoms with E-state index in [1.807, 2.05) is 19.9 Å². The minimum Gasteiger partial charge on any atom is -0.360 e. The summed E-state index contributed by atoms with van der Waals surface area (Å²) in [4.78, 5) is 31.2. The zero-order valence-corrected chi connectivity index (χ0v) is 15.2. The zero-order chi connectivity index (χ0) is 18.0. The van der Waals surface area contributed by atoms with Gasteiger partial charge in [0.15, 0.2) is 5.78 Å². The number of rotatable bonds is 5. The number of benzene rings is 1. The summed E-state index contributed by atoms with van der Waals surface area (Å²) in [7, 11) is 0. The van der Waals surface area contributed by atoms with Crippen molar-refractivity contribution in [2.45, 2.75) is 20.8 Å². The van der Waals surface area contributed by atoms with Crippen molar-refractivity contribution in [2.24, 2.45) is 0 Å². The summed E-state index contributed by atoms with van der Waals surface area (Å²) in [6.07, 6.45) is 0. The Bertz CT molecular complexity index is 772. The summed E-state index contributed by atoms with van der Waals surface area (Å²) < 4.78 is 0. The van der Waals surface area contributed by atoms with Crippen LogP contribution in [0.25, 0.3) is 0 Å². The summed E-state index contributed by atoms with van der Waals surface area (Å²) in [5.41, 5.74) is 4.08. The number of anilines is 1. The highest BCUT2D eigenvalue weighted by molar-refractivity contribution is 6.03. The number of nitrogens with one attached hydrogen (secondary N) is 2. The molecular formula is C20H26N3O2+. The molecule has 5 nitrogen and oxygen atoms in total. The molecule has 1 aliphatic rings. The van der Waals surface area contributed by atoms with Crippen LogP contribution in [-0.4, -0.2) is 49.3 Å². The van der Waals surface area contributed by atoms with Crippen LogP contribution < -0.4 is 9.80 Å². The van der Waals surface area contributed by atoms with Gasteiger partial charge >= 0.3 is 0 Å². The van der Waals surface area contributed by atoms with Crippen LogP contribution in [0, 0.1) is 13.8 Å². The lowest BCUT2D eigenvalue weighted by Gasteiger charge is -2.33. The van der Waals surface area contributed by atoms with Crippen LogP contribution in [0.1, 0.15) is 39.0 Å². The highest BCUT2D eigenvalue weighted by atomic mass is 16.1. The first kappa shape index (κ1) is 17.4. The molecule has 3 rings (SSSR count). The molecule has 1 aliphatic heterocycles. The number of Topliss-reactive ketones (excluding diaryl/α,β-unsaturated/α-hetero) is 2. The van der Waals surface area contributed by atoms with E-state index < -0.39 is 0 Å². The topological polar surface area (TPSA) is 57.6 Å². The number of hydrogen-bond donors (Lipinski definition) is 2. The SMILES string of the molecule is CC(=O)c1c(C)[nH]c(C(=O)C[NH+]2CCN(c3ccccc3)CC2)c1C. The maximum atomic E-state index is 12.7. The van der Waals surface area contributed by atoms with E-state index in [0.717, 1.165) is 37.4 Å². The van der Waals surface area contributed by atoms with E-state index in [2.05, 4.69) is 34.1 Å². The fraction of sp³-hybridized carbons (Fsp3) is 0.400. The molecular weight excluding hydrogens is 314 g/mol. The van der Waals surface area contributed by atoms with Crippen molar-refractivity contribution in [1.29, 1.82) is 0 Å². The Morgan fingerprint density at radius 2 is 1.76 bits per heavy atom. The molecule has 1 aromatic heterocycles. The number of ketones is 2. The largest absolute Gasteiger partial charge is 0.360 e. The van der Waals surface area contributed by atoms with E-state index in [-0.39, 0.29) is 11.6 Å². The van der Waals surface area contributed by atoms with Crippen LogP contribution in [0.15, 0.2) is 30.3 Å². The molecule has 0 amide bonds. The number of aryl methyl sites for hydroxylation is 1. The lowest BCUT2D eigenvalue weighted by atomic mass is 10.1. The Labute approximate surface area is 148 Å². The first-order valence-corrected chi connectivity index (χ1v) is 8.84. The maximum Gasteiger partial charge on any atom is 0.233 e. The van der Waals surface area contributed by atoms with Gasteiger partial charge in [-0.05, 0) is 38.5 Å². The van der Waals surface area contributed by atoms with Crippen LogP contribution in [-0.2, 0) is 0 Å². The molecule has 1 saturated heterocycles. The molecule has 5 heteroatoms. The monoisotopic (exact) mass is 340 g/mol. The minimum atomic E-state index is 0.00845. The van der Waals surface area contributed by atoms with E-state index >= 15 is 0 Å². The van der Waals surface area contributed by atoms with Gasteiger partial charge in [0.25, 0.3) is 0 Å². The smallest absolute Gasteiger partial charge is 0.233 e. The number of quaternary nitrogens is 1. The van der Waals surface area contributed by atoms with Crippen LogP contribution in [0.4, 0.5) is 5.69 Å². The van der Waals surface area contributed by atoms with Gasteiger partial charge in [0.1, 0.15) is 6.54 Å². The van der Waals surface area contributed by atoms with Crippen LogP contribution in [0.3, 0.4) is 0 Å². The summed E-state index contributed by atoms with van der Waals surface area (Å²) in [6.45, 7) is 9.52. The van der Waals surface area contributed by atoms with Gasteiger partial charge in [0.2, 0.25) is 5.78 Å². The van der Waals surface area contributed by atoms with E-state index in [9.17, 15) is 9.59 Å². The summed E-state index contributed by atoms with van der Waals surface area (Å²) in [5.74, 6) is 0.102. The first-order chi connectivity index (χ1) is 12.0. The maximum absolute atomic E-state index is 12.7. The van der Waals surface area contributed by atoms with Crippen LogP contribution in [0.5, 0.6) is 0 Å². The number of aromatic amines is 1. The molecule has 2 N–H and O–H groups in total.